The normalized spacial score (nSPS) is 17.4. The predicted octanol–water partition coefficient (Wildman–Crippen LogP) is 8.03. The Bertz CT molecular complexity index is 1640. The number of anilines is 3. The number of halogens is 11. The molecule has 228 valence electrons. The molecule has 3 N–H and O–H groups in total. The van der Waals surface area contributed by atoms with Gasteiger partial charge in [-0.05, 0) is 48.0 Å². The summed E-state index contributed by atoms with van der Waals surface area (Å²) in [5, 5.41) is 5.10. The SMILES string of the molecule is O=C(Nc1ccc(F)c(NC(=O)C(F)(F)C(F)F)c1F)c1cc(NC(=O)[C@H]2[C@H](c3ccc(F)c(Cl)c3)C2(Cl)Cl)ccc1Cl. The van der Waals surface area contributed by atoms with Gasteiger partial charge in [0.1, 0.15) is 21.7 Å². The molecule has 0 heterocycles. The van der Waals surface area contributed by atoms with Crippen molar-refractivity contribution in [3.05, 3.63) is 87.2 Å². The maximum absolute atomic E-state index is 14.9. The van der Waals surface area contributed by atoms with Crippen molar-refractivity contribution in [3.63, 3.8) is 0 Å². The number of amides is 3. The number of nitrogens with one attached hydrogen (secondary N) is 3. The summed E-state index contributed by atoms with van der Waals surface area (Å²) in [4.78, 5) is 37.3. The fourth-order valence-corrected chi connectivity index (χ4v) is 5.24. The van der Waals surface area contributed by atoms with Gasteiger partial charge in [0.05, 0.1) is 27.2 Å². The number of alkyl halides is 6. The van der Waals surface area contributed by atoms with E-state index in [0.717, 1.165) is 17.4 Å². The van der Waals surface area contributed by atoms with E-state index in [1.54, 1.807) is 0 Å². The molecule has 43 heavy (non-hydrogen) atoms. The van der Waals surface area contributed by atoms with Gasteiger partial charge in [0.2, 0.25) is 5.91 Å². The smallest absolute Gasteiger partial charge is 0.326 e. The van der Waals surface area contributed by atoms with Gasteiger partial charge in [0.15, 0.2) is 5.82 Å². The first-order valence-electron chi connectivity index (χ1n) is 11.7. The Labute approximate surface area is 257 Å². The maximum atomic E-state index is 14.9. The van der Waals surface area contributed by atoms with Gasteiger partial charge in [-0.3, -0.25) is 14.4 Å². The van der Waals surface area contributed by atoms with E-state index in [2.05, 4.69) is 5.32 Å². The molecular formula is C26H14Cl4F7N3O3. The Hall–Kier alpha value is -3.26. The second-order valence-electron chi connectivity index (χ2n) is 9.10. The Morgan fingerprint density at radius 3 is 2.12 bits per heavy atom. The first-order chi connectivity index (χ1) is 20.0. The van der Waals surface area contributed by atoms with Crippen LogP contribution in [0.5, 0.6) is 0 Å². The quantitative estimate of drug-likeness (QED) is 0.165. The molecule has 0 bridgehead atoms. The van der Waals surface area contributed by atoms with Crippen molar-refractivity contribution in [1.29, 1.82) is 0 Å². The molecule has 3 aromatic rings. The third-order valence-corrected chi connectivity index (χ3v) is 7.83. The summed E-state index contributed by atoms with van der Waals surface area (Å²) < 4.78 is 92.3. The first-order valence-corrected chi connectivity index (χ1v) is 13.2. The lowest BCUT2D eigenvalue weighted by molar-refractivity contribution is -0.163. The van der Waals surface area contributed by atoms with Gasteiger partial charge in [-0.1, -0.05) is 29.3 Å². The lowest BCUT2D eigenvalue weighted by atomic mass is 10.1. The number of carbonyl (C=O) groups is 3. The minimum atomic E-state index is -5.27. The number of carbonyl (C=O) groups excluding carboxylic acids is 3. The fourth-order valence-electron chi connectivity index (χ4n) is 4.02. The van der Waals surface area contributed by atoms with Crippen LogP contribution in [0.1, 0.15) is 21.8 Å². The maximum Gasteiger partial charge on any atom is 0.383 e. The Morgan fingerprint density at radius 2 is 1.49 bits per heavy atom. The van der Waals surface area contributed by atoms with Crippen molar-refractivity contribution in [1.82, 2.24) is 0 Å². The molecule has 3 aromatic carbocycles. The molecular weight excluding hydrogens is 677 g/mol. The summed E-state index contributed by atoms with van der Waals surface area (Å²) in [5.74, 6) is -15.6. The third kappa shape index (κ3) is 6.49. The second-order valence-corrected chi connectivity index (χ2v) is 11.4. The zero-order chi connectivity index (χ0) is 32.0. The van der Waals surface area contributed by atoms with Crippen LogP contribution in [0.2, 0.25) is 10.0 Å². The molecule has 0 aliphatic heterocycles. The van der Waals surface area contributed by atoms with Crippen molar-refractivity contribution in [2.45, 2.75) is 22.6 Å². The molecule has 1 saturated carbocycles. The molecule has 0 saturated heterocycles. The van der Waals surface area contributed by atoms with Crippen LogP contribution in [0.25, 0.3) is 0 Å². The van der Waals surface area contributed by atoms with Crippen LogP contribution in [-0.4, -0.2) is 34.4 Å². The molecule has 2 atom stereocenters. The Balaban J connectivity index is 1.51. The second kappa shape index (κ2) is 12.0. The molecule has 1 aliphatic carbocycles. The zero-order valence-corrected chi connectivity index (χ0v) is 23.8. The lowest BCUT2D eigenvalue weighted by Crippen LogP contribution is -2.41. The van der Waals surface area contributed by atoms with E-state index in [4.69, 9.17) is 46.4 Å². The Morgan fingerprint density at radius 1 is 0.837 bits per heavy atom. The third-order valence-electron chi connectivity index (χ3n) is 6.27. The minimum Gasteiger partial charge on any atom is -0.326 e. The van der Waals surface area contributed by atoms with Gasteiger partial charge in [-0.15, -0.1) is 23.2 Å². The highest BCUT2D eigenvalue weighted by Crippen LogP contribution is 2.65. The molecule has 4 rings (SSSR count). The minimum absolute atomic E-state index is 0.00627. The van der Waals surface area contributed by atoms with E-state index in [9.17, 15) is 45.1 Å². The summed E-state index contributed by atoms with van der Waals surface area (Å²) in [7, 11) is 0. The summed E-state index contributed by atoms with van der Waals surface area (Å²) in [6.45, 7) is 0. The summed E-state index contributed by atoms with van der Waals surface area (Å²) in [6.07, 6.45) is -4.46. The number of rotatable bonds is 8. The summed E-state index contributed by atoms with van der Waals surface area (Å²) in [5.41, 5.74) is -2.35. The van der Waals surface area contributed by atoms with Crippen LogP contribution in [-0.2, 0) is 9.59 Å². The van der Waals surface area contributed by atoms with Gasteiger partial charge in [-0.2, -0.15) is 8.78 Å². The average Bonchev–Trinajstić information content (AvgIpc) is 3.52. The van der Waals surface area contributed by atoms with E-state index in [1.807, 2.05) is 5.32 Å². The van der Waals surface area contributed by atoms with E-state index in [1.165, 1.54) is 24.3 Å². The van der Waals surface area contributed by atoms with Gasteiger partial charge in [0, 0.05) is 11.6 Å². The van der Waals surface area contributed by atoms with Crippen molar-refractivity contribution in [2.24, 2.45) is 5.92 Å². The standard InChI is InChI=1S/C26H14Cl4F7N3O3/c27-12-3-2-10(38-22(42)18-17(25(18,29)30)9-1-4-14(31)13(28)7-9)8-11(12)21(41)39-16-6-5-15(32)20(19(16)33)40-24(43)26(36,37)23(34)35/h1-8,17-18,23H,(H,38,42)(H,39,41)(H,40,43)/t17-,18+/m0/s1. The fraction of sp³-hybridized carbons (Fsp3) is 0.192. The van der Waals surface area contributed by atoms with Crippen LogP contribution in [0.15, 0.2) is 48.5 Å². The number of benzene rings is 3. The van der Waals surface area contributed by atoms with E-state index in [0.29, 0.717) is 17.7 Å². The highest BCUT2D eigenvalue weighted by molar-refractivity contribution is 6.53. The molecule has 3 amide bonds. The zero-order valence-electron chi connectivity index (χ0n) is 20.7. The monoisotopic (exact) mass is 689 g/mol. The van der Waals surface area contributed by atoms with Gasteiger partial charge in [0.25, 0.3) is 5.91 Å². The largest absolute Gasteiger partial charge is 0.383 e. The van der Waals surface area contributed by atoms with E-state index >= 15 is 0 Å². The molecule has 0 unspecified atom stereocenters. The van der Waals surface area contributed by atoms with Crippen LogP contribution < -0.4 is 16.0 Å². The van der Waals surface area contributed by atoms with Crippen LogP contribution in [0.4, 0.5) is 47.8 Å². The van der Waals surface area contributed by atoms with Crippen molar-refractivity contribution in [2.75, 3.05) is 16.0 Å². The predicted molar refractivity (Wildman–Crippen MR) is 146 cm³/mol. The molecule has 6 nitrogen and oxygen atoms in total. The van der Waals surface area contributed by atoms with E-state index in [-0.39, 0.29) is 21.3 Å². The highest BCUT2D eigenvalue weighted by Gasteiger charge is 2.67. The number of hydrogen-bond donors (Lipinski definition) is 3. The Kier molecular flexibility index (Phi) is 9.13. The summed E-state index contributed by atoms with van der Waals surface area (Å²) >= 11 is 24.4. The van der Waals surface area contributed by atoms with Crippen molar-refractivity contribution >= 4 is 81.2 Å². The van der Waals surface area contributed by atoms with Crippen molar-refractivity contribution in [3.8, 4) is 0 Å². The summed E-state index contributed by atoms with van der Waals surface area (Å²) in [6, 6.07) is 8.40. The molecule has 17 heteroatoms. The molecule has 0 aromatic heterocycles. The lowest BCUT2D eigenvalue weighted by Gasteiger charge is -2.17. The van der Waals surface area contributed by atoms with Gasteiger partial charge < -0.3 is 16.0 Å². The highest BCUT2D eigenvalue weighted by atomic mass is 35.5. The van der Waals surface area contributed by atoms with Crippen LogP contribution >= 0.6 is 46.4 Å². The average molecular weight is 691 g/mol. The van der Waals surface area contributed by atoms with Gasteiger partial charge >= 0.3 is 18.3 Å². The topological polar surface area (TPSA) is 87.3 Å². The van der Waals surface area contributed by atoms with Crippen LogP contribution in [0.3, 0.4) is 0 Å². The first kappa shape index (κ1) is 32.6. The molecule has 1 aliphatic rings. The van der Waals surface area contributed by atoms with Crippen molar-refractivity contribution < 1.29 is 45.1 Å². The molecule has 0 radical (unpaired) electrons. The van der Waals surface area contributed by atoms with E-state index < -0.39 is 75.1 Å². The van der Waals surface area contributed by atoms with Gasteiger partial charge in [-0.25, -0.2) is 22.0 Å². The number of hydrogen-bond acceptors (Lipinski definition) is 3. The molecule has 0 spiro atoms. The molecule has 1 fully saturated rings. The van der Waals surface area contributed by atoms with Crippen LogP contribution in [0, 0.1) is 23.4 Å².